The zero-order valence-electron chi connectivity index (χ0n) is 9.02. The first-order valence-electron chi connectivity index (χ1n) is 5.17. The molecule has 2 rings (SSSR count). The lowest BCUT2D eigenvalue weighted by Gasteiger charge is -2.03. The fourth-order valence-corrected chi connectivity index (χ4v) is 1.59. The lowest BCUT2D eigenvalue weighted by Crippen LogP contribution is -1.96. The Balaban J connectivity index is 2.18. The number of rotatable bonds is 3. The lowest BCUT2D eigenvalue weighted by atomic mass is 10.1. The topological polar surface area (TPSA) is 38.7 Å². The molecular formula is C12H12ClN3. The maximum absolute atomic E-state index is 5.95. The van der Waals surface area contributed by atoms with Gasteiger partial charge in [-0.05, 0) is 18.1 Å². The quantitative estimate of drug-likeness (QED) is 0.766. The number of pyridine rings is 1. The van der Waals surface area contributed by atoms with E-state index >= 15 is 0 Å². The van der Waals surface area contributed by atoms with E-state index in [0.717, 1.165) is 17.7 Å². The van der Waals surface area contributed by atoms with Gasteiger partial charge in [0.15, 0.2) is 0 Å². The molecule has 0 aliphatic carbocycles. The molecule has 82 valence electrons. The summed E-state index contributed by atoms with van der Waals surface area (Å²) in [5, 5.41) is 0.497. The summed E-state index contributed by atoms with van der Waals surface area (Å²) in [7, 11) is 0. The molecule has 0 saturated heterocycles. The van der Waals surface area contributed by atoms with Gasteiger partial charge in [0.25, 0.3) is 0 Å². The second-order valence-electron chi connectivity index (χ2n) is 3.53. The molecule has 0 amide bonds. The molecule has 2 aromatic rings. The lowest BCUT2D eigenvalue weighted by molar-refractivity contribution is 1.00. The molecule has 0 aliphatic heterocycles. The van der Waals surface area contributed by atoms with Crippen LogP contribution in [0.25, 0.3) is 0 Å². The number of nitrogens with zero attached hydrogens (tertiary/aromatic N) is 3. The van der Waals surface area contributed by atoms with Crippen LogP contribution in [0.1, 0.15) is 23.7 Å². The minimum atomic E-state index is 0.497. The van der Waals surface area contributed by atoms with E-state index < -0.39 is 0 Å². The van der Waals surface area contributed by atoms with Gasteiger partial charge in [-0.25, -0.2) is 9.97 Å². The third-order valence-corrected chi connectivity index (χ3v) is 2.74. The van der Waals surface area contributed by atoms with Crippen LogP contribution in [-0.2, 0) is 12.8 Å². The van der Waals surface area contributed by atoms with E-state index in [2.05, 4.69) is 27.9 Å². The third-order valence-electron chi connectivity index (χ3n) is 2.40. The van der Waals surface area contributed by atoms with Crippen molar-refractivity contribution in [3.63, 3.8) is 0 Å². The van der Waals surface area contributed by atoms with Crippen LogP contribution in [0, 0.1) is 0 Å². The Bertz CT molecular complexity index is 468. The number of halogens is 1. The SMILES string of the molecule is CCc1ccc(Cc2cncnc2Cl)nc1. The molecule has 0 spiro atoms. The zero-order valence-corrected chi connectivity index (χ0v) is 9.78. The van der Waals surface area contributed by atoms with Crippen molar-refractivity contribution in [1.82, 2.24) is 15.0 Å². The van der Waals surface area contributed by atoms with Gasteiger partial charge in [-0.1, -0.05) is 24.6 Å². The third kappa shape index (κ3) is 2.55. The van der Waals surface area contributed by atoms with Crippen LogP contribution < -0.4 is 0 Å². The van der Waals surface area contributed by atoms with E-state index in [1.165, 1.54) is 11.9 Å². The van der Waals surface area contributed by atoms with Crippen LogP contribution in [0.15, 0.2) is 30.9 Å². The van der Waals surface area contributed by atoms with Crippen LogP contribution in [0.3, 0.4) is 0 Å². The Labute approximate surface area is 99.5 Å². The van der Waals surface area contributed by atoms with Crippen molar-refractivity contribution in [2.45, 2.75) is 19.8 Å². The summed E-state index contributed by atoms with van der Waals surface area (Å²) in [6, 6.07) is 4.10. The van der Waals surface area contributed by atoms with Crippen molar-refractivity contribution in [2.75, 3.05) is 0 Å². The Kier molecular flexibility index (Phi) is 3.47. The van der Waals surface area contributed by atoms with Gasteiger partial charge in [-0.2, -0.15) is 0 Å². The van der Waals surface area contributed by atoms with Gasteiger partial charge in [0.05, 0.1) is 0 Å². The van der Waals surface area contributed by atoms with Gasteiger partial charge in [-0.3, -0.25) is 4.98 Å². The molecule has 0 atom stereocenters. The van der Waals surface area contributed by atoms with Crippen molar-refractivity contribution in [3.8, 4) is 0 Å². The van der Waals surface area contributed by atoms with Crippen LogP contribution >= 0.6 is 11.6 Å². The fraction of sp³-hybridized carbons (Fsp3) is 0.250. The predicted octanol–water partition coefficient (Wildman–Crippen LogP) is 2.68. The molecule has 0 unspecified atom stereocenters. The van der Waals surface area contributed by atoms with E-state index in [0.29, 0.717) is 11.6 Å². The summed E-state index contributed by atoms with van der Waals surface area (Å²) in [4.78, 5) is 12.3. The molecule has 0 N–H and O–H groups in total. The molecule has 0 saturated carbocycles. The Hall–Kier alpha value is -1.48. The summed E-state index contributed by atoms with van der Waals surface area (Å²) >= 11 is 5.95. The minimum Gasteiger partial charge on any atom is -0.261 e. The van der Waals surface area contributed by atoms with Gasteiger partial charge in [0.2, 0.25) is 0 Å². The van der Waals surface area contributed by atoms with Crippen molar-refractivity contribution >= 4 is 11.6 Å². The average molecular weight is 234 g/mol. The van der Waals surface area contributed by atoms with Gasteiger partial charge >= 0.3 is 0 Å². The van der Waals surface area contributed by atoms with E-state index in [9.17, 15) is 0 Å². The van der Waals surface area contributed by atoms with Gasteiger partial charge in [0, 0.05) is 30.1 Å². The van der Waals surface area contributed by atoms with Crippen molar-refractivity contribution in [2.24, 2.45) is 0 Å². The number of aryl methyl sites for hydroxylation is 1. The molecule has 0 aromatic carbocycles. The molecule has 0 aliphatic rings. The van der Waals surface area contributed by atoms with E-state index in [-0.39, 0.29) is 0 Å². The molecular weight excluding hydrogens is 222 g/mol. The van der Waals surface area contributed by atoms with Gasteiger partial charge in [-0.15, -0.1) is 0 Å². The van der Waals surface area contributed by atoms with E-state index in [1.54, 1.807) is 6.20 Å². The summed E-state index contributed by atoms with van der Waals surface area (Å²) in [6.45, 7) is 2.11. The summed E-state index contributed by atoms with van der Waals surface area (Å²) in [6.07, 6.45) is 6.74. The number of hydrogen-bond acceptors (Lipinski definition) is 3. The van der Waals surface area contributed by atoms with E-state index in [1.807, 2.05) is 12.3 Å². The highest BCUT2D eigenvalue weighted by atomic mass is 35.5. The molecule has 3 nitrogen and oxygen atoms in total. The van der Waals surface area contributed by atoms with Gasteiger partial charge < -0.3 is 0 Å². The summed E-state index contributed by atoms with van der Waals surface area (Å²) in [5.41, 5.74) is 3.12. The second-order valence-corrected chi connectivity index (χ2v) is 3.88. The summed E-state index contributed by atoms with van der Waals surface area (Å²) < 4.78 is 0. The molecule has 0 radical (unpaired) electrons. The maximum Gasteiger partial charge on any atom is 0.136 e. The highest BCUT2D eigenvalue weighted by molar-refractivity contribution is 6.30. The van der Waals surface area contributed by atoms with Crippen LogP contribution in [0.2, 0.25) is 5.15 Å². The first-order valence-corrected chi connectivity index (χ1v) is 5.55. The van der Waals surface area contributed by atoms with Crippen LogP contribution in [0.4, 0.5) is 0 Å². The largest absolute Gasteiger partial charge is 0.261 e. The Morgan fingerprint density at radius 2 is 2.06 bits per heavy atom. The highest BCUT2D eigenvalue weighted by Crippen LogP contribution is 2.14. The summed E-state index contributed by atoms with van der Waals surface area (Å²) in [5.74, 6) is 0. The fourth-order valence-electron chi connectivity index (χ4n) is 1.43. The van der Waals surface area contributed by atoms with Crippen LogP contribution in [0.5, 0.6) is 0 Å². The molecule has 4 heteroatoms. The first-order chi connectivity index (χ1) is 7.79. The molecule has 2 heterocycles. The van der Waals surface area contributed by atoms with Gasteiger partial charge in [0.1, 0.15) is 11.5 Å². The standard InChI is InChI=1S/C12H12ClN3/c1-2-9-3-4-11(15-6-9)5-10-7-14-8-16-12(10)13/h3-4,6-8H,2,5H2,1H3. The van der Waals surface area contributed by atoms with E-state index in [4.69, 9.17) is 11.6 Å². The molecule has 0 fully saturated rings. The molecule has 16 heavy (non-hydrogen) atoms. The Morgan fingerprint density at radius 1 is 1.19 bits per heavy atom. The highest BCUT2D eigenvalue weighted by Gasteiger charge is 2.03. The smallest absolute Gasteiger partial charge is 0.136 e. The minimum absolute atomic E-state index is 0.497. The molecule has 0 bridgehead atoms. The van der Waals surface area contributed by atoms with Crippen molar-refractivity contribution in [3.05, 3.63) is 52.8 Å². The zero-order chi connectivity index (χ0) is 11.4. The molecule has 2 aromatic heterocycles. The number of hydrogen-bond donors (Lipinski definition) is 0. The first kappa shape index (κ1) is 11.0. The van der Waals surface area contributed by atoms with Crippen molar-refractivity contribution in [1.29, 1.82) is 0 Å². The second kappa shape index (κ2) is 5.03. The van der Waals surface area contributed by atoms with Crippen LogP contribution in [-0.4, -0.2) is 15.0 Å². The van der Waals surface area contributed by atoms with Crippen molar-refractivity contribution < 1.29 is 0 Å². The Morgan fingerprint density at radius 3 is 2.69 bits per heavy atom. The normalized spacial score (nSPS) is 10.4. The predicted molar refractivity (Wildman–Crippen MR) is 63.5 cm³/mol. The average Bonchev–Trinajstić information content (AvgIpc) is 2.33. The maximum atomic E-state index is 5.95. The number of aromatic nitrogens is 3. The monoisotopic (exact) mass is 233 g/mol.